The SMILES string of the molecule is CCOC(=O)c1cn(C(CC)CC)c(-c2cc(Cl)c(OCCCOC)cc2OCc2ccccc2)cc1=O. The van der Waals surface area contributed by atoms with Crippen molar-refractivity contribution in [1.82, 2.24) is 4.57 Å². The summed E-state index contributed by atoms with van der Waals surface area (Å²) >= 11 is 6.67. The van der Waals surface area contributed by atoms with Gasteiger partial charge in [-0.1, -0.05) is 55.8 Å². The molecule has 204 valence electrons. The highest BCUT2D eigenvalue weighted by atomic mass is 35.5. The van der Waals surface area contributed by atoms with Crippen molar-refractivity contribution in [3.8, 4) is 22.8 Å². The fraction of sp³-hybridized carbons (Fsp3) is 0.400. The van der Waals surface area contributed by atoms with Crippen LogP contribution in [0, 0.1) is 0 Å². The highest BCUT2D eigenvalue weighted by Gasteiger charge is 2.22. The second-order valence-corrected chi connectivity index (χ2v) is 9.19. The summed E-state index contributed by atoms with van der Waals surface area (Å²) in [6.07, 6.45) is 3.89. The van der Waals surface area contributed by atoms with Crippen LogP contribution < -0.4 is 14.9 Å². The zero-order valence-corrected chi connectivity index (χ0v) is 23.3. The van der Waals surface area contributed by atoms with Crippen molar-refractivity contribution in [2.75, 3.05) is 26.9 Å². The van der Waals surface area contributed by atoms with Crippen LogP contribution in [0.25, 0.3) is 11.3 Å². The normalized spacial score (nSPS) is 11.0. The topological polar surface area (TPSA) is 76.0 Å². The lowest BCUT2D eigenvalue weighted by atomic mass is 10.0. The summed E-state index contributed by atoms with van der Waals surface area (Å²) < 4.78 is 24.4. The van der Waals surface area contributed by atoms with Gasteiger partial charge in [0.15, 0.2) is 5.43 Å². The van der Waals surface area contributed by atoms with Crippen molar-refractivity contribution in [2.24, 2.45) is 0 Å². The van der Waals surface area contributed by atoms with Crippen molar-refractivity contribution in [1.29, 1.82) is 0 Å². The first-order valence-corrected chi connectivity index (χ1v) is 13.4. The Morgan fingerprint density at radius 3 is 2.37 bits per heavy atom. The summed E-state index contributed by atoms with van der Waals surface area (Å²) in [6.45, 7) is 7.34. The van der Waals surface area contributed by atoms with E-state index in [0.29, 0.717) is 54.0 Å². The highest BCUT2D eigenvalue weighted by molar-refractivity contribution is 6.32. The molecule has 0 bridgehead atoms. The molecular weight excluding hydrogens is 506 g/mol. The Bertz CT molecular complexity index is 1250. The Kier molecular flexibility index (Phi) is 11.2. The van der Waals surface area contributed by atoms with Crippen LogP contribution in [-0.2, 0) is 16.1 Å². The molecule has 2 aromatic carbocycles. The van der Waals surface area contributed by atoms with E-state index in [1.54, 1.807) is 32.4 Å². The number of hydrogen-bond acceptors (Lipinski definition) is 6. The van der Waals surface area contributed by atoms with E-state index in [4.69, 9.17) is 30.5 Å². The average molecular weight is 542 g/mol. The van der Waals surface area contributed by atoms with E-state index in [1.165, 1.54) is 6.07 Å². The molecule has 0 fully saturated rings. The Morgan fingerprint density at radius 2 is 1.71 bits per heavy atom. The van der Waals surface area contributed by atoms with Crippen LogP contribution in [0.5, 0.6) is 11.5 Å². The lowest BCUT2D eigenvalue weighted by Gasteiger charge is -2.24. The molecular formula is C30H36ClNO6. The number of rotatable bonds is 14. The molecule has 0 amide bonds. The van der Waals surface area contributed by atoms with Crippen molar-refractivity contribution in [2.45, 2.75) is 52.7 Å². The third-order valence-corrected chi connectivity index (χ3v) is 6.50. The van der Waals surface area contributed by atoms with Gasteiger partial charge in [0.1, 0.15) is 23.7 Å². The van der Waals surface area contributed by atoms with Crippen molar-refractivity contribution in [3.05, 3.63) is 81.1 Å². The average Bonchev–Trinajstić information content (AvgIpc) is 2.92. The minimum Gasteiger partial charge on any atom is -0.492 e. The van der Waals surface area contributed by atoms with Gasteiger partial charge >= 0.3 is 5.97 Å². The van der Waals surface area contributed by atoms with E-state index in [0.717, 1.165) is 18.4 Å². The number of pyridine rings is 1. The van der Waals surface area contributed by atoms with E-state index < -0.39 is 11.4 Å². The van der Waals surface area contributed by atoms with Crippen LogP contribution in [0.1, 0.15) is 62.0 Å². The molecule has 1 aromatic heterocycles. The highest BCUT2D eigenvalue weighted by Crippen LogP contribution is 2.40. The molecule has 0 radical (unpaired) electrons. The molecule has 1 heterocycles. The quantitative estimate of drug-likeness (QED) is 0.167. The maximum absolute atomic E-state index is 13.1. The van der Waals surface area contributed by atoms with Crippen molar-refractivity contribution < 1.29 is 23.7 Å². The van der Waals surface area contributed by atoms with Gasteiger partial charge in [-0.2, -0.15) is 0 Å². The zero-order chi connectivity index (χ0) is 27.5. The number of hydrogen-bond donors (Lipinski definition) is 0. The molecule has 0 saturated carbocycles. The first-order chi connectivity index (χ1) is 18.4. The van der Waals surface area contributed by atoms with Crippen LogP contribution in [0.3, 0.4) is 0 Å². The van der Waals surface area contributed by atoms with Gasteiger partial charge in [0, 0.05) is 50.1 Å². The summed E-state index contributed by atoms with van der Waals surface area (Å²) in [5.74, 6) is 0.360. The first kappa shape index (κ1) is 29.3. The fourth-order valence-electron chi connectivity index (χ4n) is 4.20. The smallest absolute Gasteiger partial charge is 0.343 e. The lowest BCUT2D eigenvalue weighted by molar-refractivity contribution is 0.0523. The largest absolute Gasteiger partial charge is 0.492 e. The van der Waals surface area contributed by atoms with Gasteiger partial charge in [-0.25, -0.2) is 4.79 Å². The van der Waals surface area contributed by atoms with E-state index in [1.807, 2.05) is 34.9 Å². The Hall–Kier alpha value is -3.29. The summed E-state index contributed by atoms with van der Waals surface area (Å²) in [5.41, 5.74) is 1.80. The molecule has 38 heavy (non-hydrogen) atoms. The van der Waals surface area contributed by atoms with E-state index in [2.05, 4.69) is 13.8 Å². The van der Waals surface area contributed by atoms with Gasteiger partial charge in [-0.05, 0) is 31.4 Å². The molecule has 7 nitrogen and oxygen atoms in total. The summed E-state index contributed by atoms with van der Waals surface area (Å²) in [4.78, 5) is 25.6. The number of halogens is 1. The van der Waals surface area contributed by atoms with Crippen LogP contribution >= 0.6 is 11.6 Å². The molecule has 0 saturated heterocycles. The number of methoxy groups -OCH3 is 1. The summed E-state index contributed by atoms with van der Waals surface area (Å²) in [5, 5.41) is 0.391. The molecule has 0 atom stereocenters. The van der Waals surface area contributed by atoms with Gasteiger partial charge in [0.2, 0.25) is 0 Å². The second-order valence-electron chi connectivity index (χ2n) is 8.78. The second kappa shape index (κ2) is 14.6. The minimum atomic E-state index is -0.637. The fourth-order valence-corrected chi connectivity index (χ4v) is 4.42. The van der Waals surface area contributed by atoms with Gasteiger partial charge in [0.25, 0.3) is 0 Å². The maximum Gasteiger partial charge on any atom is 0.343 e. The minimum absolute atomic E-state index is 0.00144. The number of ether oxygens (including phenoxy) is 4. The van der Waals surface area contributed by atoms with Crippen molar-refractivity contribution in [3.63, 3.8) is 0 Å². The molecule has 0 N–H and O–H groups in total. The number of carbonyl (C=O) groups excluding carboxylic acids is 1. The van der Waals surface area contributed by atoms with Crippen LogP contribution in [0.2, 0.25) is 5.02 Å². The predicted octanol–water partition coefficient (Wildman–Crippen LogP) is 6.70. The molecule has 3 aromatic rings. The number of nitrogens with zero attached hydrogens (tertiary/aromatic N) is 1. The monoisotopic (exact) mass is 541 g/mol. The lowest BCUT2D eigenvalue weighted by Crippen LogP contribution is -2.22. The molecule has 0 aliphatic rings. The number of esters is 1. The molecule has 8 heteroatoms. The number of carbonyl (C=O) groups is 1. The summed E-state index contributed by atoms with van der Waals surface area (Å²) in [7, 11) is 1.64. The molecule has 3 rings (SSSR count). The van der Waals surface area contributed by atoms with Gasteiger partial charge in [-0.3, -0.25) is 4.79 Å². The van der Waals surface area contributed by atoms with Gasteiger partial charge < -0.3 is 23.5 Å². The third kappa shape index (κ3) is 7.39. The first-order valence-electron chi connectivity index (χ1n) is 13.0. The maximum atomic E-state index is 13.1. The van der Waals surface area contributed by atoms with Crippen LogP contribution in [0.4, 0.5) is 0 Å². The Morgan fingerprint density at radius 1 is 0.974 bits per heavy atom. The van der Waals surface area contributed by atoms with Gasteiger partial charge in [-0.15, -0.1) is 0 Å². The van der Waals surface area contributed by atoms with Gasteiger partial charge in [0.05, 0.1) is 23.9 Å². The molecule has 0 aliphatic heterocycles. The van der Waals surface area contributed by atoms with E-state index >= 15 is 0 Å². The van der Waals surface area contributed by atoms with Crippen LogP contribution in [0.15, 0.2) is 59.5 Å². The predicted molar refractivity (Wildman–Crippen MR) is 149 cm³/mol. The Balaban J connectivity index is 2.14. The van der Waals surface area contributed by atoms with Crippen LogP contribution in [-0.4, -0.2) is 37.5 Å². The number of benzene rings is 2. The van der Waals surface area contributed by atoms with E-state index in [9.17, 15) is 9.59 Å². The third-order valence-electron chi connectivity index (χ3n) is 6.21. The summed E-state index contributed by atoms with van der Waals surface area (Å²) in [6, 6.07) is 14.8. The molecule has 0 aliphatic carbocycles. The molecule has 0 unspecified atom stereocenters. The zero-order valence-electron chi connectivity index (χ0n) is 22.5. The van der Waals surface area contributed by atoms with Crippen molar-refractivity contribution >= 4 is 17.6 Å². The van der Waals surface area contributed by atoms with E-state index in [-0.39, 0.29) is 18.2 Å². The number of aromatic nitrogens is 1. The Labute approximate surface area is 229 Å². The standard InChI is InChI=1S/C30H36ClNO6/c1-5-22(6-2)32-19-24(30(34)36-7-3)27(33)17-26(32)23-16-25(31)29(37-15-11-14-35-4)18-28(23)38-20-21-12-9-8-10-13-21/h8-10,12-13,16-19,22H,5-7,11,14-15,20H2,1-4H3. The molecule has 0 spiro atoms.